The molecule has 5 rings (SSSR count). The van der Waals surface area contributed by atoms with Crippen molar-refractivity contribution in [2.24, 2.45) is 17.4 Å². The van der Waals surface area contributed by atoms with Gasteiger partial charge in [0.05, 0.1) is 17.7 Å². The van der Waals surface area contributed by atoms with Crippen LogP contribution in [0, 0.1) is 19.8 Å². The van der Waals surface area contributed by atoms with Crippen molar-refractivity contribution in [3.8, 4) is 17.0 Å². The lowest BCUT2D eigenvalue weighted by molar-refractivity contribution is -0.130. The van der Waals surface area contributed by atoms with Crippen LogP contribution < -0.4 is 16.2 Å². The van der Waals surface area contributed by atoms with E-state index in [1.807, 2.05) is 36.9 Å². The molecule has 2 aliphatic rings. The predicted molar refractivity (Wildman–Crippen MR) is 138 cm³/mol. The van der Waals surface area contributed by atoms with Crippen molar-refractivity contribution in [2.45, 2.75) is 59.0 Å². The number of hydrogen-bond acceptors (Lipinski definition) is 6. The molecular formula is C27H34N6O3. The van der Waals surface area contributed by atoms with E-state index < -0.39 is 5.91 Å². The lowest BCUT2D eigenvalue weighted by Gasteiger charge is -2.33. The molecule has 9 nitrogen and oxygen atoms in total. The number of piperidine rings is 1. The number of benzene rings is 1. The van der Waals surface area contributed by atoms with Crippen molar-refractivity contribution >= 4 is 22.8 Å². The number of carbonyl (C=O) groups is 2. The molecule has 1 saturated heterocycles. The van der Waals surface area contributed by atoms with Crippen LogP contribution in [0.4, 0.5) is 0 Å². The summed E-state index contributed by atoms with van der Waals surface area (Å²) in [6, 6.07) is 6.05. The first-order valence-electron chi connectivity index (χ1n) is 12.7. The summed E-state index contributed by atoms with van der Waals surface area (Å²) in [5, 5.41) is 0. The Balaban J connectivity index is 1.72. The quantitative estimate of drug-likeness (QED) is 0.523. The van der Waals surface area contributed by atoms with Gasteiger partial charge in [0.15, 0.2) is 0 Å². The number of nitrogens with zero attached hydrogens (tertiary/aromatic N) is 4. The van der Waals surface area contributed by atoms with Crippen LogP contribution in [0.2, 0.25) is 0 Å². The molecule has 4 N–H and O–H groups in total. The van der Waals surface area contributed by atoms with Gasteiger partial charge in [-0.05, 0) is 63.1 Å². The Labute approximate surface area is 210 Å². The van der Waals surface area contributed by atoms with Crippen molar-refractivity contribution in [3.63, 3.8) is 0 Å². The fourth-order valence-corrected chi connectivity index (χ4v) is 5.31. The Bertz CT molecular complexity index is 1340. The van der Waals surface area contributed by atoms with E-state index in [2.05, 4.69) is 4.57 Å². The third-order valence-corrected chi connectivity index (χ3v) is 7.42. The standard InChI is InChI=1S/C27H34N6O3/c1-15-23(27(29)35)25-26(33(15)20-8-10-32(11-9-20)17(3)34)24(30-16(2)31-25)21-12-19(13-28)6-7-22(21)36-14-18-4-5-18/h6-7,12,18,20H,4-5,8-11,13-14,28H2,1-3H3,(H2,29,35). The van der Waals surface area contributed by atoms with E-state index in [0.717, 1.165) is 40.9 Å². The van der Waals surface area contributed by atoms with Gasteiger partial charge in [0.2, 0.25) is 5.91 Å². The maximum absolute atomic E-state index is 12.6. The predicted octanol–water partition coefficient (Wildman–Crippen LogP) is 3.24. The third kappa shape index (κ3) is 4.43. The van der Waals surface area contributed by atoms with Gasteiger partial charge >= 0.3 is 0 Å². The van der Waals surface area contributed by atoms with E-state index in [0.29, 0.717) is 54.8 Å². The second-order valence-corrected chi connectivity index (χ2v) is 10.0. The summed E-state index contributed by atoms with van der Waals surface area (Å²) in [5.41, 5.74) is 16.9. The lowest BCUT2D eigenvalue weighted by atomic mass is 10.0. The maximum atomic E-state index is 12.6. The van der Waals surface area contributed by atoms with Gasteiger partial charge in [-0.25, -0.2) is 9.97 Å². The highest BCUT2D eigenvalue weighted by Crippen LogP contribution is 2.41. The normalized spacial score (nSPS) is 16.5. The van der Waals surface area contributed by atoms with Crippen LogP contribution >= 0.6 is 0 Å². The monoisotopic (exact) mass is 490 g/mol. The van der Waals surface area contributed by atoms with Crippen LogP contribution in [0.15, 0.2) is 18.2 Å². The van der Waals surface area contributed by atoms with Gasteiger partial charge in [0.1, 0.15) is 22.8 Å². The molecule has 9 heteroatoms. The summed E-state index contributed by atoms with van der Waals surface area (Å²) in [7, 11) is 0. The smallest absolute Gasteiger partial charge is 0.252 e. The SMILES string of the molecule is CC(=O)N1CCC(n2c(C)c(C(N)=O)c3nc(C)nc(-c4cc(CN)ccc4OCC4CC4)c32)CC1. The number of aryl methyl sites for hydroxylation is 1. The van der Waals surface area contributed by atoms with Crippen LogP contribution in [0.1, 0.15) is 66.1 Å². The van der Waals surface area contributed by atoms with Crippen molar-refractivity contribution in [2.75, 3.05) is 19.7 Å². The molecule has 0 spiro atoms. The van der Waals surface area contributed by atoms with E-state index >= 15 is 0 Å². The Morgan fingerprint density at radius 2 is 1.83 bits per heavy atom. The lowest BCUT2D eigenvalue weighted by Crippen LogP contribution is -2.37. The van der Waals surface area contributed by atoms with E-state index in [1.165, 1.54) is 12.8 Å². The zero-order chi connectivity index (χ0) is 25.6. The minimum atomic E-state index is -0.512. The van der Waals surface area contributed by atoms with Gasteiger partial charge in [-0.1, -0.05) is 6.07 Å². The second-order valence-electron chi connectivity index (χ2n) is 10.0. The zero-order valence-corrected chi connectivity index (χ0v) is 21.2. The molecular weight excluding hydrogens is 456 g/mol. The Morgan fingerprint density at radius 3 is 2.44 bits per heavy atom. The maximum Gasteiger partial charge on any atom is 0.252 e. The Hall–Kier alpha value is -3.46. The van der Waals surface area contributed by atoms with Crippen LogP contribution in [0.5, 0.6) is 5.75 Å². The number of hydrogen-bond donors (Lipinski definition) is 2. The zero-order valence-electron chi connectivity index (χ0n) is 21.2. The van der Waals surface area contributed by atoms with Crippen molar-refractivity contribution in [1.29, 1.82) is 0 Å². The van der Waals surface area contributed by atoms with E-state index in [9.17, 15) is 9.59 Å². The molecule has 0 bridgehead atoms. The van der Waals surface area contributed by atoms with Gasteiger partial charge in [-0.15, -0.1) is 0 Å². The summed E-state index contributed by atoms with van der Waals surface area (Å²) in [4.78, 5) is 36.0. The van der Waals surface area contributed by atoms with Gasteiger partial charge in [-0.3, -0.25) is 9.59 Å². The summed E-state index contributed by atoms with van der Waals surface area (Å²) < 4.78 is 8.44. The van der Waals surface area contributed by atoms with Gasteiger partial charge in [-0.2, -0.15) is 0 Å². The van der Waals surface area contributed by atoms with E-state index in [-0.39, 0.29) is 11.9 Å². The molecule has 190 valence electrons. The van der Waals surface area contributed by atoms with Crippen LogP contribution in [-0.4, -0.2) is 50.9 Å². The van der Waals surface area contributed by atoms with Gasteiger partial charge in [0.25, 0.3) is 5.91 Å². The first-order valence-corrected chi connectivity index (χ1v) is 12.7. The molecule has 0 atom stereocenters. The number of carbonyl (C=O) groups excluding carboxylic acids is 2. The largest absolute Gasteiger partial charge is 0.493 e. The highest BCUT2D eigenvalue weighted by Gasteiger charge is 2.31. The van der Waals surface area contributed by atoms with Gasteiger partial charge < -0.3 is 25.7 Å². The van der Waals surface area contributed by atoms with Crippen molar-refractivity contribution in [1.82, 2.24) is 19.4 Å². The number of nitrogens with two attached hydrogens (primary N) is 2. The summed E-state index contributed by atoms with van der Waals surface area (Å²) in [6.07, 6.45) is 3.92. The summed E-state index contributed by atoms with van der Waals surface area (Å²) in [6.45, 7) is 7.71. The number of rotatable bonds is 7. The fraction of sp³-hybridized carbons (Fsp3) is 0.481. The number of primary amides is 1. The number of fused-ring (bicyclic) bond motifs is 1. The van der Waals surface area contributed by atoms with Crippen molar-refractivity contribution in [3.05, 3.63) is 40.8 Å². The first kappa shape index (κ1) is 24.2. The minimum Gasteiger partial charge on any atom is -0.493 e. The van der Waals surface area contributed by atoms with Gasteiger partial charge in [0, 0.05) is 43.9 Å². The molecule has 1 saturated carbocycles. The molecule has 3 heterocycles. The number of likely N-dealkylation sites (tertiary alicyclic amines) is 1. The number of aromatic nitrogens is 3. The summed E-state index contributed by atoms with van der Waals surface area (Å²) >= 11 is 0. The van der Waals surface area contributed by atoms with Crippen LogP contribution in [-0.2, 0) is 11.3 Å². The number of amides is 2. The molecule has 2 aromatic heterocycles. The average Bonchev–Trinajstić information content (AvgIpc) is 3.63. The fourth-order valence-electron chi connectivity index (χ4n) is 5.31. The molecule has 2 fully saturated rings. The molecule has 1 aliphatic heterocycles. The Morgan fingerprint density at radius 1 is 1.11 bits per heavy atom. The molecule has 1 aliphatic carbocycles. The Kier molecular flexibility index (Phi) is 6.42. The second kappa shape index (κ2) is 9.54. The minimum absolute atomic E-state index is 0.0785. The van der Waals surface area contributed by atoms with Crippen LogP contribution in [0.25, 0.3) is 22.3 Å². The highest BCUT2D eigenvalue weighted by molar-refractivity contribution is 6.09. The first-order chi connectivity index (χ1) is 17.3. The molecule has 0 unspecified atom stereocenters. The molecule has 1 aromatic carbocycles. The topological polar surface area (TPSA) is 129 Å². The third-order valence-electron chi connectivity index (χ3n) is 7.42. The van der Waals surface area contributed by atoms with Crippen molar-refractivity contribution < 1.29 is 14.3 Å². The molecule has 3 aromatic rings. The summed E-state index contributed by atoms with van der Waals surface area (Å²) in [5.74, 6) is 1.46. The number of ether oxygens (including phenoxy) is 1. The highest BCUT2D eigenvalue weighted by atomic mass is 16.5. The van der Waals surface area contributed by atoms with Crippen LogP contribution in [0.3, 0.4) is 0 Å². The molecule has 36 heavy (non-hydrogen) atoms. The molecule has 0 radical (unpaired) electrons. The average molecular weight is 491 g/mol. The van der Waals surface area contributed by atoms with E-state index in [4.69, 9.17) is 26.2 Å². The van der Waals surface area contributed by atoms with E-state index in [1.54, 1.807) is 6.92 Å². The molecule has 2 amide bonds.